The predicted molar refractivity (Wildman–Crippen MR) is 95.4 cm³/mol. The van der Waals surface area contributed by atoms with Gasteiger partial charge in [0.05, 0.1) is 12.7 Å². The average molecular weight is 341 g/mol. The number of ketones is 1. The SMILES string of the molecule is COc1ccc2c(c1)CCCN2C(=O)CCc1cc(C(C)=O)c(C)o1. The Morgan fingerprint density at radius 3 is 2.76 bits per heavy atom. The van der Waals surface area contributed by atoms with E-state index in [2.05, 4.69) is 0 Å². The fourth-order valence-corrected chi connectivity index (χ4v) is 3.34. The topological polar surface area (TPSA) is 59.8 Å². The Hall–Kier alpha value is -2.56. The standard InChI is InChI=1S/C20H23NO4/c1-13(22)18-12-17(25-14(18)2)7-9-20(23)21-10-4-5-15-11-16(24-3)6-8-19(15)21/h6,8,11-12H,4-5,7,9-10H2,1-3H3. The van der Waals surface area contributed by atoms with Gasteiger partial charge in [-0.05, 0) is 56.5 Å². The fraction of sp³-hybridized carbons (Fsp3) is 0.400. The lowest BCUT2D eigenvalue weighted by Crippen LogP contribution is -2.35. The maximum absolute atomic E-state index is 12.7. The minimum Gasteiger partial charge on any atom is -0.497 e. The van der Waals surface area contributed by atoms with E-state index < -0.39 is 0 Å². The second-order valence-corrected chi connectivity index (χ2v) is 6.38. The summed E-state index contributed by atoms with van der Waals surface area (Å²) in [6.45, 7) is 4.02. The van der Waals surface area contributed by atoms with Gasteiger partial charge in [0.25, 0.3) is 0 Å². The third-order valence-corrected chi connectivity index (χ3v) is 4.64. The molecule has 1 aliphatic rings. The average Bonchev–Trinajstić information content (AvgIpc) is 2.99. The molecule has 0 fully saturated rings. The van der Waals surface area contributed by atoms with Gasteiger partial charge in [0, 0.05) is 25.1 Å². The summed E-state index contributed by atoms with van der Waals surface area (Å²) >= 11 is 0. The first kappa shape index (κ1) is 17.3. The van der Waals surface area contributed by atoms with Gasteiger partial charge in [-0.3, -0.25) is 9.59 Å². The number of benzene rings is 1. The summed E-state index contributed by atoms with van der Waals surface area (Å²) in [4.78, 5) is 26.1. The van der Waals surface area contributed by atoms with Crippen molar-refractivity contribution < 1.29 is 18.7 Å². The second-order valence-electron chi connectivity index (χ2n) is 6.38. The van der Waals surface area contributed by atoms with Gasteiger partial charge in [0.1, 0.15) is 17.3 Å². The molecule has 0 spiro atoms. The Balaban J connectivity index is 1.70. The molecule has 1 aromatic heterocycles. The van der Waals surface area contributed by atoms with E-state index in [1.54, 1.807) is 20.1 Å². The number of anilines is 1. The lowest BCUT2D eigenvalue weighted by atomic mass is 10.0. The van der Waals surface area contributed by atoms with Crippen molar-refractivity contribution in [2.45, 2.75) is 39.5 Å². The minimum absolute atomic E-state index is 0.0160. The van der Waals surface area contributed by atoms with Crippen molar-refractivity contribution in [1.29, 1.82) is 0 Å². The molecular formula is C20H23NO4. The number of rotatable bonds is 5. The third kappa shape index (κ3) is 3.60. The van der Waals surface area contributed by atoms with Crippen LogP contribution in [-0.2, 0) is 17.6 Å². The van der Waals surface area contributed by atoms with Crippen LogP contribution in [0, 0.1) is 6.92 Å². The number of methoxy groups -OCH3 is 1. The Morgan fingerprint density at radius 1 is 1.28 bits per heavy atom. The van der Waals surface area contributed by atoms with Crippen LogP contribution in [0.5, 0.6) is 5.75 Å². The number of nitrogens with zero attached hydrogens (tertiary/aromatic N) is 1. The lowest BCUT2D eigenvalue weighted by molar-refractivity contribution is -0.118. The van der Waals surface area contributed by atoms with Gasteiger partial charge in [-0.15, -0.1) is 0 Å². The summed E-state index contributed by atoms with van der Waals surface area (Å²) in [5.74, 6) is 2.17. The zero-order valence-electron chi connectivity index (χ0n) is 14.9. The van der Waals surface area contributed by atoms with Crippen LogP contribution in [-0.4, -0.2) is 25.3 Å². The number of amides is 1. The maximum atomic E-state index is 12.7. The number of aryl methyl sites for hydroxylation is 3. The zero-order valence-corrected chi connectivity index (χ0v) is 14.9. The van der Waals surface area contributed by atoms with Gasteiger partial charge in [0.2, 0.25) is 5.91 Å². The van der Waals surface area contributed by atoms with E-state index in [0.717, 1.165) is 36.4 Å². The molecule has 5 nitrogen and oxygen atoms in total. The van der Waals surface area contributed by atoms with E-state index in [0.29, 0.717) is 29.9 Å². The first-order valence-corrected chi connectivity index (χ1v) is 8.57. The van der Waals surface area contributed by atoms with Crippen LogP contribution < -0.4 is 9.64 Å². The molecule has 0 atom stereocenters. The van der Waals surface area contributed by atoms with Crippen molar-refractivity contribution >= 4 is 17.4 Å². The van der Waals surface area contributed by atoms with Crippen LogP contribution in [0.25, 0.3) is 0 Å². The van der Waals surface area contributed by atoms with E-state index in [1.165, 1.54) is 6.92 Å². The molecular weight excluding hydrogens is 318 g/mol. The molecule has 1 amide bonds. The molecule has 3 rings (SSSR count). The van der Waals surface area contributed by atoms with Gasteiger partial charge in [-0.1, -0.05) is 0 Å². The van der Waals surface area contributed by atoms with Crippen LogP contribution in [0.4, 0.5) is 5.69 Å². The van der Waals surface area contributed by atoms with Crippen molar-refractivity contribution in [3.63, 3.8) is 0 Å². The summed E-state index contributed by atoms with van der Waals surface area (Å²) < 4.78 is 10.9. The third-order valence-electron chi connectivity index (χ3n) is 4.64. The number of furan rings is 1. The van der Waals surface area contributed by atoms with Crippen LogP contribution >= 0.6 is 0 Å². The maximum Gasteiger partial charge on any atom is 0.227 e. The van der Waals surface area contributed by atoms with Crippen LogP contribution in [0.15, 0.2) is 28.7 Å². The molecule has 0 saturated heterocycles. The Labute approximate surface area is 147 Å². The predicted octanol–water partition coefficient (Wildman–Crippen LogP) is 3.71. The van der Waals surface area contributed by atoms with Crippen molar-refractivity contribution in [3.8, 4) is 5.75 Å². The van der Waals surface area contributed by atoms with E-state index in [9.17, 15) is 9.59 Å². The van der Waals surface area contributed by atoms with Crippen molar-refractivity contribution in [3.05, 3.63) is 46.9 Å². The zero-order chi connectivity index (χ0) is 18.0. The molecule has 2 aromatic rings. The van der Waals surface area contributed by atoms with E-state index in [1.807, 2.05) is 23.1 Å². The second kappa shape index (κ2) is 7.13. The normalized spacial score (nSPS) is 13.5. The number of Topliss-reactive ketones (excluding diaryl/α,β-unsaturated/α-hetero) is 1. The smallest absolute Gasteiger partial charge is 0.227 e. The van der Waals surface area contributed by atoms with Gasteiger partial charge in [-0.25, -0.2) is 0 Å². The highest BCUT2D eigenvalue weighted by atomic mass is 16.5. The summed E-state index contributed by atoms with van der Waals surface area (Å²) in [6, 6.07) is 7.60. The molecule has 0 aliphatic carbocycles. The summed E-state index contributed by atoms with van der Waals surface area (Å²) in [5, 5.41) is 0. The van der Waals surface area contributed by atoms with E-state index >= 15 is 0 Å². The molecule has 5 heteroatoms. The first-order valence-electron chi connectivity index (χ1n) is 8.57. The monoisotopic (exact) mass is 341 g/mol. The summed E-state index contributed by atoms with van der Waals surface area (Å²) in [7, 11) is 1.65. The number of hydrogen-bond donors (Lipinski definition) is 0. The number of carbonyl (C=O) groups excluding carboxylic acids is 2. The van der Waals surface area contributed by atoms with E-state index in [-0.39, 0.29) is 11.7 Å². The summed E-state index contributed by atoms with van der Waals surface area (Å²) in [6.07, 6.45) is 2.75. The largest absolute Gasteiger partial charge is 0.497 e. The van der Waals surface area contributed by atoms with Crippen LogP contribution in [0.1, 0.15) is 47.2 Å². The number of hydrogen-bond acceptors (Lipinski definition) is 4. The molecule has 1 aliphatic heterocycles. The molecule has 1 aromatic carbocycles. The molecule has 0 unspecified atom stereocenters. The molecule has 0 saturated carbocycles. The van der Waals surface area contributed by atoms with Gasteiger partial charge in [-0.2, -0.15) is 0 Å². The van der Waals surface area contributed by atoms with Gasteiger partial charge >= 0.3 is 0 Å². The van der Waals surface area contributed by atoms with Crippen molar-refractivity contribution in [2.75, 3.05) is 18.6 Å². The Kier molecular flexibility index (Phi) is 4.93. The number of carbonyl (C=O) groups is 2. The molecule has 0 radical (unpaired) electrons. The lowest BCUT2D eigenvalue weighted by Gasteiger charge is -2.29. The molecule has 0 bridgehead atoms. The fourth-order valence-electron chi connectivity index (χ4n) is 3.34. The highest BCUT2D eigenvalue weighted by Crippen LogP contribution is 2.31. The summed E-state index contributed by atoms with van der Waals surface area (Å²) in [5.41, 5.74) is 2.71. The highest BCUT2D eigenvalue weighted by Gasteiger charge is 2.23. The van der Waals surface area contributed by atoms with E-state index in [4.69, 9.17) is 9.15 Å². The quantitative estimate of drug-likeness (QED) is 0.778. The minimum atomic E-state index is -0.0160. The first-order chi connectivity index (χ1) is 12.0. The van der Waals surface area contributed by atoms with Crippen molar-refractivity contribution in [2.24, 2.45) is 0 Å². The van der Waals surface area contributed by atoms with Crippen LogP contribution in [0.2, 0.25) is 0 Å². The molecule has 0 N–H and O–H groups in total. The van der Waals surface area contributed by atoms with Crippen molar-refractivity contribution in [1.82, 2.24) is 0 Å². The molecule has 2 heterocycles. The number of ether oxygens (including phenoxy) is 1. The molecule has 132 valence electrons. The Bertz CT molecular complexity index is 806. The van der Waals surface area contributed by atoms with Gasteiger partial charge in [0.15, 0.2) is 5.78 Å². The highest BCUT2D eigenvalue weighted by molar-refractivity contribution is 5.96. The van der Waals surface area contributed by atoms with Gasteiger partial charge < -0.3 is 14.1 Å². The Morgan fingerprint density at radius 2 is 2.08 bits per heavy atom. The van der Waals surface area contributed by atoms with Crippen LogP contribution in [0.3, 0.4) is 0 Å². The molecule has 25 heavy (non-hydrogen) atoms. The number of fused-ring (bicyclic) bond motifs is 1.